The van der Waals surface area contributed by atoms with Crippen LogP contribution in [0.5, 0.6) is 0 Å². The number of nitrogens with one attached hydrogen (secondary N) is 2. The fourth-order valence-corrected chi connectivity index (χ4v) is 1.70. The summed E-state index contributed by atoms with van der Waals surface area (Å²) in [6.45, 7) is 3.09. The van der Waals surface area contributed by atoms with Crippen molar-refractivity contribution in [1.29, 1.82) is 0 Å². The average molecular weight is 262 g/mol. The van der Waals surface area contributed by atoms with Crippen molar-refractivity contribution in [3.05, 3.63) is 47.7 Å². The second-order valence-corrected chi connectivity index (χ2v) is 4.46. The zero-order valence-electron chi connectivity index (χ0n) is 10.3. The summed E-state index contributed by atoms with van der Waals surface area (Å²) >= 11 is 5.85. The Labute approximate surface area is 112 Å². The van der Waals surface area contributed by atoms with Gasteiger partial charge in [-0.05, 0) is 36.8 Å². The fraction of sp³-hybridized carbons (Fsp3) is 0.214. The van der Waals surface area contributed by atoms with Crippen molar-refractivity contribution in [1.82, 2.24) is 4.98 Å². The molecule has 0 aliphatic heterocycles. The maximum absolute atomic E-state index is 5.85. The smallest absolute Gasteiger partial charge is 0.0591 e. The van der Waals surface area contributed by atoms with E-state index in [-0.39, 0.29) is 0 Å². The highest BCUT2D eigenvalue weighted by molar-refractivity contribution is 6.30. The van der Waals surface area contributed by atoms with Gasteiger partial charge in [-0.3, -0.25) is 4.98 Å². The minimum atomic E-state index is 0.733. The van der Waals surface area contributed by atoms with E-state index in [1.54, 1.807) is 6.20 Å². The predicted molar refractivity (Wildman–Crippen MR) is 77.8 cm³/mol. The molecule has 0 saturated heterocycles. The van der Waals surface area contributed by atoms with Gasteiger partial charge in [0.15, 0.2) is 0 Å². The standard InChI is InChI=1S/C14H16ClN3/c1-2-7-17-13-8-14(10-16-9-13)18-12-5-3-11(15)4-6-12/h3-6,8-10,17-18H,2,7H2,1H3. The molecule has 0 aliphatic rings. The monoisotopic (exact) mass is 261 g/mol. The Morgan fingerprint density at radius 3 is 2.50 bits per heavy atom. The molecule has 0 unspecified atom stereocenters. The SMILES string of the molecule is CCCNc1cncc(Nc2ccc(Cl)cc2)c1. The van der Waals surface area contributed by atoms with E-state index in [4.69, 9.17) is 11.6 Å². The van der Waals surface area contributed by atoms with Gasteiger partial charge < -0.3 is 10.6 Å². The third-order valence-electron chi connectivity index (χ3n) is 2.45. The minimum Gasteiger partial charge on any atom is -0.384 e. The Balaban J connectivity index is 2.06. The van der Waals surface area contributed by atoms with Gasteiger partial charge in [0, 0.05) is 17.3 Å². The largest absolute Gasteiger partial charge is 0.384 e. The van der Waals surface area contributed by atoms with Crippen LogP contribution < -0.4 is 10.6 Å². The minimum absolute atomic E-state index is 0.733. The maximum Gasteiger partial charge on any atom is 0.0591 e. The lowest BCUT2D eigenvalue weighted by Crippen LogP contribution is -2.00. The molecule has 1 heterocycles. The lowest BCUT2D eigenvalue weighted by Gasteiger charge is -2.09. The van der Waals surface area contributed by atoms with Crippen LogP contribution in [0.25, 0.3) is 0 Å². The van der Waals surface area contributed by atoms with E-state index in [9.17, 15) is 0 Å². The van der Waals surface area contributed by atoms with E-state index in [1.165, 1.54) is 0 Å². The molecule has 2 N–H and O–H groups in total. The zero-order chi connectivity index (χ0) is 12.8. The summed E-state index contributed by atoms with van der Waals surface area (Å²) in [5.74, 6) is 0. The second kappa shape index (κ2) is 6.26. The zero-order valence-corrected chi connectivity index (χ0v) is 11.0. The predicted octanol–water partition coefficient (Wildman–Crippen LogP) is 4.30. The molecule has 0 radical (unpaired) electrons. The maximum atomic E-state index is 5.85. The number of hydrogen-bond acceptors (Lipinski definition) is 3. The van der Waals surface area contributed by atoms with Crippen molar-refractivity contribution < 1.29 is 0 Å². The molecule has 94 valence electrons. The third kappa shape index (κ3) is 3.64. The molecule has 3 nitrogen and oxygen atoms in total. The second-order valence-electron chi connectivity index (χ2n) is 4.02. The molecule has 1 aromatic carbocycles. The number of rotatable bonds is 5. The first-order chi connectivity index (χ1) is 8.78. The van der Waals surface area contributed by atoms with Crippen LogP contribution in [0.15, 0.2) is 42.7 Å². The molecule has 0 fully saturated rings. The number of benzene rings is 1. The molecule has 1 aromatic heterocycles. The number of pyridine rings is 1. The summed E-state index contributed by atoms with van der Waals surface area (Å²) in [6, 6.07) is 9.63. The van der Waals surface area contributed by atoms with E-state index in [0.29, 0.717) is 0 Å². The van der Waals surface area contributed by atoms with Crippen molar-refractivity contribution in [3.8, 4) is 0 Å². The highest BCUT2D eigenvalue weighted by atomic mass is 35.5. The molecular formula is C14H16ClN3. The van der Waals surface area contributed by atoms with Crippen molar-refractivity contribution in [2.45, 2.75) is 13.3 Å². The first-order valence-corrected chi connectivity index (χ1v) is 6.37. The highest BCUT2D eigenvalue weighted by Gasteiger charge is 1.97. The number of anilines is 3. The summed E-state index contributed by atoms with van der Waals surface area (Å²) in [5.41, 5.74) is 2.98. The van der Waals surface area contributed by atoms with Gasteiger partial charge in [-0.1, -0.05) is 18.5 Å². The summed E-state index contributed by atoms with van der Waals surface area (Å²) < 4.78 is 0. The molecule has 0 aliphatic carbocycles. The van der Waals surface area contributed by atoms with Crippen LogP contribution in [0, 0.1) is 0 Å². The van der Waals surface area contributed by atoms with Gasteiger partial charge in [-0.15, -0.1) is 0 Å². The van der Waals surface area contributed by atoms with Crippen molar-refractivity contribution in [2.75, 3.05) is 17.2 Å². The van der Waals surface area contributed by atoms with Crippen LogP contribution >= 0.6 is 11.6 Å². The van der Waals surface area contributed by atoms with Gasteiger partial charge in [-0.2, -0.15) is 0 Å². The summed E-state index contributed by atoms with van der Waals surface area (Å²) in [4.78, 5) is 4.20. The van der Waals surface area contributed by atoms with Crippen molar-refractivity contribution in [3.63, 3.8) is 0 Å². The Morgan fingerprint density at radius 2 is 1.78 bits per heavy atom. The highest BCUT2D eigenvalue weighted by Crippen LogP contribution is 2.20. The normalized spacial score (nSPS) is 10.1. The number of aromatic nitrogens is 1. The van der Waals surface area contributed by atoms with Crippen LogP contribution in [0.3, 0.4) is 0 Å². The summed E-state index contributed by atoms with van der Waals surface area (Å²) in [5, 5.41) is 7.33. The number of hydrogen-bond donors (Lipinski definition) is 2. The quantitative estimate of drug-likeness (QED) is 0.843. The molecule has 4 heteroatoms. The van der Waals surface area contributed by atoms with Gasteiger partial charge in [-0.25, -0.2) is 0 Å². The lowest BCUT2D eigenvalue weighted by molar-refractivity contribution is 0.978. The van der Waals surface area contributed by atoms with Crippen LogP contribution in [0.1, 0.15) is 13.3 Å². The van der Waals surface area contributed by atoms with Crippen molar-refractivity contribution >= 4 is 28.7 Å². The first kappa shape index (κ1) is 12.7. The van der Waals surface area contributed by atoms with Crippen LogP contribution in [-0.4, -0.2) is 11.5 Å². The molecule has 0 atom stereocenters. The molecule has 0 bridgehead atoms. The topological polar surface area (TPSA) is 37.0 Å². The molecule has 2 aromatic rings. The Morgan fingerprint density at radius 1 is 1.06 bits per heavy atom. The Bertz CT molecular complexity index is 497. The molecule has 0 spiro atoms. The fourth-order valence-electron chi connectivity index (χ4n) is 1.57. The van der Waals surface area contributed by atoms with E-state index in [0.717, 1.165) is 35.1 Å². The van der Waals surface area contributed by atoms with E-state index in [2.05, 4.69) is 22.5 Å². The number of nitrogens with zero attached hydrogens (tertiary/aromatic N) is 1. The average Bonchev–Trinajstić information content (AvgIpc) is 2.40. The van der Waals surface area contributed by atoms with Gasteiger partial charge in [0.1, 0.15) is 0 Å². The van der Waals surface area contributed by atoms with E-state index < -0.39 is 0 Å². The van der Waals surface area contributed by atoms with E-state index >= 15 is 0 Å². The third-order valence-corrected chi connectivity index (χ3v) is 2.70. The van der Waals surface area contributed by atoms with Crippen LogP contribution in [0.2, 0.25) is 5.02 Å². The van der Waals surface area contributed by atoms with Gasteiger partial charge in [0.25, 0.3) is 0 Å². The lowest BCUT2D eigenvalue weighted by atomic mass is 10.3. The Kier molecular flexibility index (Phi) is 4.42. The molecule has 18 heavy (non-hydrogen) atoms. The van der Waals surface area contributed by atoms with Crippen LogP contribution in [0.4, 0.5) is 17.1 Å². The van der Waals surface area contributed by atoms with Gasteiger partial charge >= 0.3 is 0 Å². The summed E-state index contributed by atoms with van der Waals surface area (Å²) in [7, 11) is 0. The van der Waals surface area contributed by atoms with E-state index in [1.807, 2.05) is 36.5 Å². The van der Waals surface area contributed by atoms with Crippen LogP contribution in [-0.2, 0) is 0 Å². The molecule has 0 saturated carbocycles. The molecule has 2 rings (SSSR count). The summed E-state index contributed by atoms with van der Waals surface area (Å²) in [6.07, 6.45) is 4.71. The van der Waals surface area contributed by atoms with Gasteiger partial charge in [0.2, 0.25) is 0 Å². The Hall–Kier alpha value is -1.74. The first-order valence-electron chi connectivity index (χ1n) is 5.99. The van der Waals surface area contributed by atoms with Crippen molar-refractivity contribution in [2.24, 2.45) is 0 Å². The number of halogens is 1. The molecule has 0 amide bonds. The molecular weight excluding hydrogens is 246 g/mol. The van der Waals surface area contributed by atoms with Gasteiger partial charge in [0.05, 0.1) is 23.8 Å².